The molecule has 27 heavy (non-hydrogen) atoms. The van der Waals surface area contributed by atoms with Crippen molar-refractivity contribution in [1.29, 1.82) is 0 Å². The molecule has 1 atom stereocenters. The minimum Gasteiger partial charge on any atom is -0.342 e. The number of amides is 1. The van der Waals surface area contributed by atoms with Gasteiger partial charge in [0, 0.05) is 42.4 Å². The topological polar surface area (TPSA) is 87.7 Å². The van der Waals surface area contributed by atoms with Crippen molar-refractivity contribution in [3.63, 3.8) is 0 Å². The maximum Gasteiger partial charge on any atom is 0.389 e. The number of fused-ring (bicyclic) bond motifs is 3. The Morgan fingerprint density at radius 2 is 2.19 bits per heavy atom. The molecule has 1 aliphatic heterocycles. The van der Waals surface area contributed by atoms with Crippen LogP contribution in [0.3, 0.4) is 0 Å². The number of nitrogens with zero attached hydrogens (tertiary/aromatic N) is 5. The summed E-state index contributed by atoms with van der Waals surface area (Å²) in [5.74, 6) is -0.489. The van der Waals surface area contributed by atoms with Crippen molar-refractivity contribution < 1.29 is 18.0 Å². The Morgan fingerprint density at radius 1 is 1.33 bits per heavy atom. The molecule has 0 aromatic carbocycles. The van der Waals surface area contributed by atoms with E-state index < -0.39 is 24.9 Å². The van der Waals surface area contributed by atoms with E-state index in [4.69, 9.17) is 0 Å². The zero-order valence-electron chi connectivity index (χ0n) is 14.3. The molecule has 0 spiro atoms. The van der Waals surface area contributed by atoms with E-state index >= 15 is 0 Å². The minimum absolute atomic E-state index is 0.0273. The first-order valence-electron chi connectivity index (χ1n) is 8.71. The lowest BCUT2D eigenvalue weighted by Crippen LogP contribution is -2.39. The first kappa shape index (κ1) is 17.6. The van der Waals surface area contributed by atoms with Crippen LogP contribution in [0, 0.1) is 0 Å². The van der Waals surface area contributed by atoms with Gasteiger partial charge in [0.15, 0.2) is 11.3 Å². The van der Waals surface area contributed by atoms with Gasteiger partial charge in [0.2, 0.25) is 5.91 Å². The van der Waals surface area contributed by atoms with Gasteiger partial charge in [0.25, 0.3) is 0 Å². The van der Waals surface area contributed by atoms with Gasteiger partial charge in [0.05, 0.1) is 12.6 Å². The Bertz CT molecular complexity index is 986. The number of likely N-dealkylation sites (tertiary alicyclic amines) is 1. The highest BCUT2D eigenvalue weighted by molar-refractivity contribution is 6.03. The molecule has 1 saturated heterocycles. The van der Waals surface area contributed by atoms with Gasteiger partial charge in [-0.1, -0.05) is 0 Å². The highest BCUT2D eigenvalue weighted by Crippen LogP contribution is 2.34. The van der Waals surface area contributed by atoms with Crippen LogP contribution in [0.25, 0.3) is 22.1 Å². The highest BCUT2D eigenvalue weighted by atomic mass is 19.4. The first-order valence-corrected chi connectivity index (χ1v) is 8.71. The van der Waals surface area contributed by atoms with Gasteiger partial charge in [-0.15, -0.1) is 10.2 Å². The van der Waals surface area contributed by atoms with Crippen molar-refractivity contribution in [3.8, 4) is 0 Å². The van der Waals surface area contributed by atoms with Crippen molar-refractivity contribution in [1.82, 2.24) is 30.3 Å². The largest absolute Gasteiger partial charge is 0.389 e. The van der Waals surface area contributed by atoms with E-state index in [1.165, 1.54) is 4.90 Å². The number of halogens is 3. The Morgan fingerprint density at radius 3 is 3.00 bits per heavy atom. The number of aromatic nitrogens is 5. The maximum absolute atomic E-state index is 12.4. The molecule has 3 aromatic rings. The molecule has 1 unspecified atom stereocenters. The summed E-state index contributed by atoms with van der Waals surface area (Å²) in [4.78, 5) is 17.9. The van der Waals surface area contributed by atoms with Crippen molar-refractivity contribution >= 4 is 28.0 Å². The van der Waals surface area contributed by atoms with Crippen LogP contribution in [0.1, 0.15) is 37.2 Å². The van der Waals surface area contributed by atoms with E-state index in [9.17, 15) is 18.0 Å². The zero-order chi connectivity index (χ0) is 19.0. The molecule has 1 fully saturated rings. The van der Waals surface area contributed by atoms with Crippen molar-refractivity contribution in [2.24, 2.45) is 0 Å². The molecule has 4 heterocycles. The third kappa shape index (κ3) is 3.56. The molecule has 10 heteroatoms. The summed E-state index contributed by atoms with van der Waals surface area (Å²) in [5.41, 5.74) is 1.95. The molecule has 1 aliphatic rings. The van der Waals surface area contributed by atoms with Crippen LogP contribution in [0.4, 0.5) is 13.2 Å². The van der Waals surface area contributed by atoms with Gasteiger partial charge >= 0.3 is 6.18 Å². The first-order chi connectivity index (χ1) is 12.9. The number of aromatic amines is 1. The van der Waals surface area contributed by atoms with Crippen LogP contribution >= 0.6 is 0 Å². The predicted octanol–water partition coefficient (Wildman–Crippen LogP) is 2.95. The van der Waals surface area contributed by atoms with Gasteiger partial charge in [-0.3, -0.25) is 9.89 Å². The Kier molecular flexibility index (Phi) is 4.40. The fourth-order valence-corrected chi connectivity index (χ4v) is 3.65. The van der Waals surface area contributed by atoms with Gasteiger partial charge in [-0.2, -0.15) is 18.3 Å². The van der Waals surface area contributed by atoms with Crippen molar-refractivity contribution in [3.05, 3.63) is 24.0 Å². The lowest BCUT2D eigenvalue weighted by atomic mass is 9.89. The van der Waals surface area contributed by atoms with Crippen LogP contribution in [-0.2, 0) is 4.79 Å². The van der Waals surface area contributed by atoms with Crippen LogP contribution in [0.2, 0.25) is 0 Å². The van der Waals surface area contributed by atoms with Gasteiger partial charge < -0.3 is 4.90 Å². The molecular formula is C17H17F3N6O. The number of nitrogens with one attached hydrogen (secondary N) is 1. The van der Waals surface area contributed by atoms with Crippen molar-refractivity contribution in [2.75, 3.05) is 13.1 Å². The molecule has 3 aromatic heterocycles. The fourth-order valence-electron chi connectivity index (χ4n) is 3.65. The molecule has 0 aliphatic carbocycles. The molecule has 0 radical (unpaired) electrons. The minimum atomic E-state index is -4.32. The summed E-state index contributed by atoms with van der Waals surface area (Å²) in [6.07, 6.45) is -1.03. The Labute approximate surface area is 152 Å². The Balaban J connectivity index is 1.62. The number of piperidine rings is 1. The fraction of sp³-hybridized carbons (Fsp3) is 0.471. The van der Waals surface area contributed by atoms with E-state index in [0.717, 1.165) is 29.2 Å². The van der Waals surface area contributed by atoms with Gasteiger partial charge in [-0.25, -0.2) is 4.98 Å². The SMILES string of the molecule is O=C(CCC(F)(F)F)N1CCCC(c2cn[nH]c3nnc4nccc4c23)C1. The quantitative estimate of drug-likeness (QED) is 0.757. The maximum atomic E-state index is 12.4. The molecule has 0 saturated carbocycles. The van der Waals surface area contributed by atoms with E-state index in [1.807, 2.05) is 6.07 Å². The molecule has 1 N–H and O–H groups in total. The molecule has 4 rings (SSSR count). The number of hydrogen-bond donors (Lipinski definition) is 1. The Hall–Kier alpha value is -2.78. The summed E-state index contributed by atoms with van der Waals surface area (Å²) in [6, 6.07) is 1.85. The molecule has 1 amide bonds. The monoisotopic (exact) mass is 378 g/mol. The summed E-state index contributed by atoms with van der Waals surface area (Å²) in [7, 11) is 0. The lowest BCUT2D eigenvalue weighted by Gasteiger charge is -2.33. The summed E-state index contributed by atoms with van der Waals surface area (Å²) in [5, 5.41) is 16.8. The second-order valence-corrected chi connectivity index (χ2v) is 6.73. The number of carbonyl (C=O) groups is 1. The second kappa shape index (κ2) is 6.75. The van der Waals surface area contributed by atoms with E-state index in [-0.39, 0.29) is 5.92 Å². The second-order valence-electron chi connectivity index (χ2n) is 6.73. The number of carbonyl (C=O) groups excluding carboxylic acids is 1. The van der Waals surface area contributed by atoms with Gasteiger partial charge in [0.1, 0.15) is 0 Å². The zero-order valence-corrected chi connectivity index (χ0v) is 14.3. The molecular weight excluding hydrogens is 361 g/mol. The summed E-state index contributed by atoms with van der Waals surface area (Å²) in [6.45, 7) is 0.847. The number of rotatable bonds is 3. The van der Waals surface area contributed by atoms with E-state index in [2.05, 4.69) is 25.4 Å². The molecule has 142 valence electrons. The smallest absolute Gasteiger partial charge is 0.342 e. The lowest BCUT2D eigenvalue weighted by molar-refractivity contribution is -0.149. The average molecular weight is 378 g/mol. The van der Waals surface area contributed by atoms with Crippen LogP contribution in [-0.4, -0.2) is 55.5 Å². The molecule has 7 nitrogen and oxygen atoms in total. The van der Waals surface area contributed by atoms with Crippen LogP contribution in [0.5, 0.6) is 0 Å². The number of hydrogen-bond acceptors (Lipinski definition) is 5. The molecule has 0 bridgehead atoms. The standard InChI is InChI=1S/C17H17F3N6O/c18-17(19,20)5-3-13(27)26-7-1-2-10(9-26)12-8-22-23-16-14(12)11-4-6-21-15(11)24-25-16/h4,6,8,10H,1-3,5,7,9H2,(H,23,25). The normalized spacial score (nSPS) is 18.3. The van der Waals surface area contributed by atoms with E-state index in [1.54, 1.807) is 12.4 Å². The predicted molar refractivity (Wildman–Crippen MR) is 90.8 cm³/mol. The number of alkyl halides is 3. The van der Waals surface area contributed by atoms with Crippen LogP contribution in [0.15, 0.2) is 18.5 Å². The third-order valence-electron chi connectivity index (χ3n) is 4.93. The summed E-state index contributed by atoms with van der Waals surface area (Å²) < 4.78 is 37.2. The third-order valence-corrected chi connectivity index (χ3v) is 4.93. The van der Waals surface area contributed by atoms with Crippen LogP contribution < -0.4 is 0 Å². The van der Waals surface area contributed by atoms with E-state index in [0.29, 0.717) is 24.4 Å². The average Bonchev–Trinajstić information content (AvgIpc) is 3.14. The summed E-state index contributed by atoms with van der Waals surface area (Å²) >= 11 is 0. The number of H-pyrrole nitrogens is 1. The highest BCUT2D eigenvalue weighted by Gasteiger charge is 2.31. The van der Waals surface area contributed by atoms with Gasteiger partial charge in [-0.05, 0) is 24.5 Å². The van der Waals surface area contributed by atoms with Crippen molar-refractivity contribution in [2.45, 2.75) is 37.8 Å².